The molecule has 0 aromatic carbocycles. The van der Waals surface area contributed by atoms with Gasteiger partial charge in [-0.25, -0.2) is 0 Å². The molecule has 1 saturated heterocycles. The molecule has 1 heterocycles. The molecule has 0 bridgehead atoms. The summed E-state index contributed by atoms with van der Waals surface area (Å²) in [5, 5.41) is 17.3. The Bertz CT molecular complexity index is 116. The van der Waals surface area contributed by atoms with Gasteiger partial charge in [-0.2, -0.15) is 0 Å². The minimum Gasteiger partial charge on any atom is -0.394 e. The maximum Gasteiger partial charge on any atom is 0.189 e. The van der Waals surface area contributed by atoms with Gasteiger partial charge in [0.2, 0.25) is 0 Å². The molecular formula is C6H12O4. The minimum atomic E-state index is -0.895. The molecule has 0 amide bonds. The van der Waals surface area contributed by atoms with E-state index in [0.29, 0.717) is 6.61 Å². The minimum absolute atomic E-state index is 0.0599. The van der Waals surface area contributed by atoms with Crippen molar-refractivity contribution in [1.29, 1.82) is 0 Å². The summed E-state index contributed by atoms with van der Waals surface area (Å²) in [6.07, 6.45) is -0.280. The van der Waals surface area contributed by atoms with Crippen LogP contribution in [-0.4, -0.2) is 41.9 Å². The van der Waals surface area contributed by atoms with Gasteiger partial charge in [0, 0.05) is 0 Å². The molecule has 0 saturated carbocycles. The molecule has 60 valence electrons. The lowest BCUT2D eigenvalue weighted by molar-refractivity contribution is -0.181. The normalized spacial score (nSPS) is 40.5. The molecule has 4 nitrogen and oxygen atoms in total. The molecule has 0 aliphatic carbocycles. The van der Waals surface area contributed by atoms with Gasteiger partial charge < -0.3 is 19.7 Å². The first-order valence-corrected chi connectivity index (χ1v) is 3.24. The molecular weight excluding hydrogens is 136 g/mol. The second-order valence-electron chi connectivity index (χ2n) is 2.53. The number of rotatable bonds is 2. The highest BCUT2D eigenvalue weighted by molar-refractivity contribution is 4.72. The first-order chi connectivity index (χ1) is 4.70. The molecule has 0 aromatic rings. The molecule has 10 heavy (non-hydrogen) atoms. The number of hydrogen-bond acceptors (Lipinski definition) is 4. The van der Waals surface area contributed by atoms with Crippen LogP contribution in [0.5, 0.6) is 0 Å². The van der Waals surface area contributed by atoms with Crippen molar-refractivity contribution < 1.29 is 19.7 Å². The van der Waals surface area contributed by atoms with Crippen LogP contribution in [0.1, 0.15) is 6.92 Å². The fraction of sp³-hybridized carbons (Fsp3) is 1.00. The van der Waals surface area contributed by atoms with Crippen molar-refractivity contribution in [2.45, 2.75) is 18.8 Å². The molecule has 1 rings (SSSR count). The van der Waals surface area contributed by atoms with Crippen LogP contribution in [-0.2, 0) is 9.47 Å². The molecule has 1 aliphatic rings. The molecule has 0 spiro atoms. The van der Waals surface area contributed by atoms with Crippen molar-refractivity contribution in [1.82, 2.24) is 0 Å². The summed E-state index contributed by atoms with van der Waals surface area (Å²) in [5.41, 5.74) is 0. The summed E-state index contributed by atoms with van der Waals surface area (Å²) >= 11 is 0. The number of ether oxygens (including phenoxy) is 2. The van der Waals surface area contributed by atoms with Crippen molar-refractivity contribution in [3.8, 4) is 0 Å². The van der Waals surface area contributed by atoms with E-state index in [-0.39, 0.29) is 19.3 Å². The highest BCUT2D eigenvalue weighted by Crippen LogP contribution is 2.21. The van der Waals surface area contributed by atoms with Crippen molar-refractivity contribution in [2.24, 2.45) is 0 Å². The second-order valence-corrected chi connectivity index (χ2v) is 2.53. The second kappa shape index (κ2) is 2.84. The molecule has 1 unspecified atom stereocenters. The van der Waals surface area contributed by atoms with Gasteiger partial charge in [0.15, 0.2) is 5.79 Å². The number of hydrogen-bond donors (Lipinski definition) is 2. The molecule has 4 heteroatoms. The van der Waals surface area contributed by atoms with E-state index in [0.717, 1.165) is 0 Å². The fourth-order valence-corrected chi connectivity index (χ4v) is 0.863. The monoisotopic (exact) mass is 148 g/mol. The SMILES string of the molecule is C[C@@]1(CO)OCC(CO)O1. The zero-order valence-corrected chi connectivity index (χ0v) is 5.91. The van der Waals surface area contributed by atoms with Crippen molar-refractivity contribution in [2.75, 3.05) is 19.8 Å². The van der Waals surface area contributed by atoms with Crippen molar-refractivity contribution in [3.05, 3.63) is 0 Å². The van der Waals surface area contributed by atoms with Gasteiger partial charge >= 0.3 is 0 Å². The third kappa shape index (κ3) is 1.46. The smallest absolute Gasteiger partial charge is 0.189 e. The summed E-state index contributed by atoms with van der Waals surface area (Å²) in [6.45, 7) is 1.76. The standard InChI is InChI=1S/C6H12O4/c1-6(4-8)9-3-5(2-7)10-6/h5,7-8H,2-4H2,1H3/t5?,6-/m1/s1. The van der Waals surface area contributed by atoms with Crippen LogP contribution in [0.2, 0.25) is 0 Å². The maximum absolute atomic E-state index is 8.71. The van der Waals surface area contributed by atoms with Crippen LogP contribution in [0.4, 0.5) is 0 Å². The summed E-state index contributed by atoms with van der Waals surface area (Å²) < 4.78 is 10.2. The third-order valence-corrected chi connectivity index (χ3v) is 1.48. The zero-order chi connectivity index (χ0) is 7.61. The number of aliphatic hydroxyl groups is 2. The molecule has 1 aliphatic heterocycles. The van der Waals surface area contributed by atoms with Gasteiger partial charge in [0.25, 0.3) is 0 Å². The summed E-state index contributed by atoms with van der Waals surface area (Å²) in [4.78, 5) is 0. The topological polar surface area (TPSA) is 58.9 Å². The van der Waals surface area contributed by atoms with Crippen LogP contribution in [0.25, 0.3) is 0 Å². The Morgan fingerprint density at radius 3 is 2.60 bits per heavy atom. The molecule has 1 fully saturated rings. The van der Waals surface area contributed by atoms with Gasteiger partial charge in [-0.1, -0.05) is 0 Å². The lowest BCUT2D eigenvalue weighted by atomic mass is 10.3. The summed E-state index contributed by atoms with van der Waals surface area (Å²) in [5.74, 6) is -0.895. The van der Waals surface area contributed by atoms with E-state index in [1.54, 1.807) is 6.92 Å². The van der Waals surface area contributed by atoms with E-state index < -0.39 is 5.79 Å². The lowest BCUT2D eigenvalue weighted by Gasteiger charge is -2.19. The lowest BCUT2D eigenvalue weighted by Crippen LogP contribution is -2.31. The Hall–Kier alpha value is -0.160. The predicted molar refractivity (Wildman–Crippen MR) is 33.4 cm³/mol. The third-order valence-electron chi connectivity index (χ3n) is 1.48. The van der Waals surface area contributed by atoms with Crippen molar-refractivity contribution >= 4 is 0 Å². The first kappa shape index (κ1) is 7.94. The Labute approximate surface area is 59.4 Å². The Morgan fingerprint density at radius 2 is 2.30 bits per heavy atom. The predicted octanol–water partition coefficient (Wildman–Crippen LogP) is -0.897. The molecule has 0 radical (unpaired) electrons. The summed E-state index contributed by atoms with van der Waals surface area (Å²) in [6, 6.07) is 0. The maximum atomic E-state index is 8.71. The van der Waals surface area contributed by atoms with Crippen molar-refractivity contribution in [3.63, 3.8) is 0 Å². The Morgan fingerprint density at radius 1 is 1.60 bits per heavy atom. The van der Waals surface area contributed by atoms with E-state index in [2.05, 4.69) is 0 Å². The van der Waals surface area contributed by atoms with E-state index in [9.17, 15) is 0 Å². The van der Waals surface area contributed by atoms with Crippen LogP contribution < -0.4 is 0 Å². The van der Waals surface area contributed by atoms with Gasteiger partial charge in [0.05, 0.1) is 19.8 Å². The summed E-state index contributed by atoms with van der Waals surface area (Å²) in [7, 11) is 0. The van der Waals surface area contributed by atoms with Gasteiger partial charge in [0.1, 0.15) is 6.10 Å². The van der Waals surface area contributed by atoms with Crippen LogP contribution in [0.15, 0.2) is 0 Å². The van der Waals surface area contributed by atoms with Crippen LogP contribution in [0.3, 0.4) is 0 Å². The van der Waals surface area contributed by atoms with Gasteiger partial charge in [-0.15, -0.1) is 0 Å². The van der Waals surface area contributed by atoms with E-state index in [4.69, 9.17) is 19.7 Å². The van der Waals surface area contributed by atoms with E-state index >= 15 is 0 Å². The Balaban J connectivity index is 2.41. The fourth-order valence-electron chi connectivity index (χ4n) is 0.863. The zero-order valence-electron chi connectivity index (χ0n) is 5.91. The van der Waals surface area contributed by atoms with E-state index in [1.807, 2.05) is 0 Å². The molecule has 0 aromatic heterocycles. The van der Waals surface area contributed by atoms with Crippen LogP contribution >= 0.6 is 0 Å². The van der Waals surface area contributed by atoms with Crippen LogP contribution in [0, 0.1) is 0 Å². The average Bonchev–Trinajstić information content (AvgIpc) is 2.33. The first-order valence-electron chi connectivity index (χ1n) is 3.24. The number of aliphatic hydroxyl groups excluding tert-OH is 2. The highest BCUT2D eigenvalue weighted by Gasteiger charge is 2.35. The van der Waals surface area contributed by atoms with Gasteiger partial charge in [-0.05, 0) is 6.92 Å². The quantitative estimate of drug-likeness (QED) is 0.533. The van der Waals surface area contributed by atoms with E-state index in [1.165, 1.54) is 0 Å². The van der Waals surface area contributed by atoms with Gasteiger partial charge in [-0.3, -0.25) is 0 Å². The Kier molecular flexibility index (Phi) is 2.25. The molecule has 2 atom stereocenters. The highest BCUT2D eigenvalue weighted by atomic mass is 16.8. The average molecular weight is 148 g/mol. The molecule has 2 N–H and O–H groups in total. The largest absolute Gasteiger partial charge is 0.394 e.